The maximum atomic E-state index is 5.99. The van der Waals surface area contributed by atoms with Gasteiger partial charge in [-0.1, -0.05) is 20.8 Å². The van der Waals surface area contributed by atoms with Crippen molar-refractivity contribution in [3.05, 3.63) is 0 Å². The molecule has 98 valence electrons. The van der Waals surface area contributed by atoms with Gasteiger partial charge < -0.3 is 10.5 Å². The van der Waals surface area contributed by atoms with Crippen molar-refractivity contribution in [2.24, 2.45) is 11.7 Å². The predicted octanol–water partition coefficient (Wildman–Crippen LogP) is 2.11. The van der Waals surface area contributed by atoms with Crippen molar-refractivity contribution < 1.29 is 4.74 Å². The Morgan fingerprint density at radius 1 is 1.31 bits per heavy atom. The zero-order valence-corrected chi connectivity index (χ0v) is 11.9. The van der Waals surface area contributed by atoms with E-state index in [-0.39, 0.29) is 5.54 Å². The third-order valence-electron chi connectivity index (χ3n) is 3.97. The van der Waals surface area contributed by atoms with Gasteiger partial charge in [0.2, 0.25) is 0 Å². The lowest BCUT2D eigenvalue weighted by atomic mass is 9.85. The molecule has 0 aliphatic carbocycles. The second-order valence-corrected chi connectivity index (χ2v) is 5.16. The molecule has 2 unspecified atom stereocenters. The minimum absolute atomic E-state index is 0.0634. The van der Waals surface area contributed by atoms with Crippen LogP contribution in [0, 0.1) is 5.92 Å². The molecule has 0 bridgehead atoms. The monoisotopic (exact) mass is 230 g/mol. The molecule has 2 atom stereocenters. The molecular formula is C13H30N2O. The molecule has 0 aliphatic heterocycles. The van der Waals surface area contributed by atoms with E-state index in [0.717, 1.165) is 19.6 Å². The Bertz CT molecular complexity index is 185. The highest BCUT2D eigenvalue weighted by Crippen LogP contribution is 2.26. The summed E-state index contributed by atoms with van der Waals surface area (Å²) in [5, 5.41) is 0. The normalized spacial score (nSPS) is 17.8. The highest BCUT2D eigenvalue weighted by Gasteiger charge is 2.35. The van der Waals surface area contributed by atoms with E-state index in [2.05, 4.69) is 39.5 Å². The summed E-state index contributed by atoms with van der Waals surface area (Å²) in [6.45, 7) is 13.7. The fraction of sp³-hybridized carbons (Fsp3) is 1.00. The van der Waals surface area contributed by atoms with Gasteiger partial charge in [-0.25, -0.2) is 0 Å². The Labute approximate surface area is 101 Å². The van der Waals surface area contributed by atoms with E-state index < -0.39 is 0 Å². The third kappa shape index (κ3) is 3.72. The van der Waals surface area contributed by atoms with E-state index >= 15 is 0 Å². The second kappa shape index (κ2) is 7.25. The fourth-order valence-electron chi connectivity index (χ4n) is 2.07. The van der Waals surface area contributed by atoms with Gasteiger partial charge in [0.15, 0.2) is 0 Å². The van der Waals surface area contributed by atoms with Crippen LogP contribution < -0.4 is 5.73 Å². The van der Waals surface area contributed by atoms with Crippen molar-refractivity contribution >= 4 is 0 Å². The minimum Gasteiger partial charge on any atom is -0.383 e. The molecular weight excluding hydrogens is 200 g/mol. The number of nitrogens with zero attached hydrogens (tertiary/aromatic N) is 1. The average molecular weight is 230 g/mol. The molecule has 0 spiro atoms. The van der Waals surface area contributed by atoms with E-state index in [4.69, 9.17) is 10.5 Å². The number of ether oxygens (including phenoxy) is 1. The summed E-state index contributed by atoms with van der Waals surface area (Å²) < 4.78 is 5.20. The first-order chi connectivity index (χ1) is 7.43. The van der Waals surface area contributed by atoms with E-state index in [1.807, 2.05) is 0 Å². The first-order valence-electron chi connectivity index (χ1n) is 6.39. The summed E-state index contributed by atoms with van der Waals surface area (Å²) in [5.41, 5.74) is 6.05. The molecule has 2 N–H and O–H groups in total. The molecule has 0 heterocycles. The molecule has 0 aromatic carbocycles. The molecule has 3 heteroatoms. The van der Waals surface area contributed by atoms with Gasteiger partial charge in [-0.15, -0.1) is 0 Å². The average Bonchev–Trinajstić information content (AvgIpc) is 2.28. The minimum atomic E-state index is 0.0634. The Balaban J connectivity index is 4.82. The summed E-state index contributed by atoms with van der Waals surface area (Å²) in [7, 11) is 1.75. The van der Waals surface area contributed by atoms with Gasteiger partial charge in [-0.2, -0.15) is 0 Å². The van der Waals surface area contributed by atoms with E-state index in [1.54, 1.807) is 7.11 Å². The van der Waals surface area contributed by atoms with Crippen LogP contribution in [-0.2, 0) is 4.74 Å². The number of nitrogens with two attached hydrogens (primary N) is 1. The van der Waals surface area contributed by atoms with Crippen molar-refractivity contribution in [1.29, 1.82) is 0 Å². The zero-order valence-electron chi connectivity index (χ0n) is 11.9. The van der Waals surface area contributed by atoms with Gasteiger partial charge in [0.05, 0.1) is 6.61 Å². The second-order valence-electron chi connectivity index (χ2n) is 5.16. The van der Waals surface area contributed by atoms with Gasteiger partial charge in [0.25, 0.3) is 0 Å². The first kappa shape index (κ1) is 15.9. The molecule has 0 fully saturated rings. The van der Waals surface area contributed by atoms with Crippen LogP contribution >= 0.6 is 0 Å². The molecule has 16 heavy (non-hydrogen) atoms. The van der Waals surface area contributed by atoms with Gasteiger partial charge in [-0.3, -0.25) is 4.90 Å². The summed E-state index contributed by atoms with van der Waals surface area (Å²) >= 11 is 0. The maximum absolute atomic E-state index is 5.99. The van der Waals surface area contributed by atoms with Gasteiger partial charge in [-0.05, 0) is 26.2 Å². The van der Waals surface area contributed by atoms with Crippen LogP contribution in [-0.4, -0.2) is 43.3 Å². The van der Waals surface area contributed by atoms with Crippen LogP contribution in [0.25, 0.3) is 0 Å². The largest absolute Gasteiger partial charge is 0.383 e. The molecule has 0 amide bonds. The molecule has 3 nitrogen and oxygen atoms in total. The van der Waals surface area contributed by atoms with Crippen LogP contribution in [0.2, 0.25) is 0 Å². The lowest BCUT2D eigenvalue weighted by molar-refractivity contribution is 0.0100. The Hall–Kier alpha value is -0.120. The molecule has 0 saturated heterocycles. The van der Waals surface area contributed by atoms with Crippen LogP contribution in [0.5, 0.6) is 0 Å². The van der Waals surface area contributed by atoms with Gasteiger partial charge in [0.1, 0.15) is 0 Å². The van der Waals surface area contributed by atoms with Crippen molar-refractivity contribution in [3.8, 4) is 0 Å². The number of rotatable bonds is 8. The predicted molar refractivity (Wildman–Crippen MR) is 70.6 cm³/mol. The SMILES string of the molecule is CCC(C)N(CCOC)C(C)(CN)C(C)C. The molecule has 0 rings (SSSR count). The maximum Gasteiger partial charge on any atom is 0.0590 e. The fourth-order valence-corrected chi connectivity index (χ4v) is 2.07. The Morgan fingerprint density at radius 3 is 2.19 bits per heavy atom. The van der Waals surface area contributed by atoms with Gasteiger partial charge in [0, 0.05) is 31.8 Å². The topological polar surface area (TPSA) is 38.5 Å². The summed E-state index contributed by atoms with van der Waals surface area (Å²) in [4.78, 5) is 2.50. The lowest BCUT2D eigenvalue weighted by Gasteiger charge is -2.47. The number of hydrogen-bond acceptors (Lipinski definition) is 3. The van der Waals surface area contributed by atoms with Gasteiger partial charge >= 0.3 is 0 Å². The van der Waals surface area contributed by atoms with Crippen molar-refractivity contribution in [1.82, 2.24) is 4.90 Å². The van der Waals surface area contributed by atoms with Crippen LogP contribution in [0.1, 0.15) is 41.0 Å². The highest BCUT2D eigenvalue weighted by molar-refractivity contribution is 4.92. The van der Waals surface area contributed by atoms with Crippen LogP contribution in [0.15, 0.2) is 0 Å². The Kier molecular flexibility index (Phi) is 7.20. The summed E-state index contributed by atoms with van der Waals surface area (Å²) in [5.74, 6) is 0.545. The molecule has 0 saturated carbocycles. The number of hydrogen-bond donors (Lipinski definition) is 1. The number of methoxy groups -OCH3 is 1. The molecule has 0 radical (unpaired) electrons. The summed E-state index contributed by atoms with van der Waals surface area (Å²) in [6.07, 6.45) is 1.14. The van der Waals surface area contributed by atoms with Crippen molar-refractivity contribution in [2.45, 2.75) is 52.6 Å². The van der Waals surface area contributed by atoms with Crippen molar-refractivity contribution in [3.63, 3.8) is 0 Å². The Morgan fingerprint density at radius 2 is 1.88 bits per heavy atom. The van der Waals surface area contributed by atoms with E-state index in [1.165, 1.54) is 0 Å². The van der Waals surface area contributed by atoms with E-state index in [0.29, 0.717) is 18.5 Å². The van der Waals surface area contributed by atoms with Crippen LogP contribution in [0.4, 0.5) is 0 Å². The van der Waals surface area contributed by atoms with E-state index in [9.17, 15) is 0 Å². The van der Waals surface area contributed by atoms with Crippen molar-refractivity contribution in [2.75, 3.05) is 26.8 Å². The summed E-state index contributed by atoms with van der Waals surface area (Å²) in [6, 6.07) is 0.547. The van der Waals surface area contributed by atoms with Crippen LogP contribution in [0.3, 0.4) is 0 Å². The molecule has 0 aromatic heterocycles. The third-order valence-corrected chi connectivity index (χ3v) is 3.97. The first-order valence-corrected chi connectivity index (χ1v) is 6.39. The lowest BCUT2D eigenvalue weighted by Crippen LogP contribution is -2.59. The highest BCUT2D eigenvalue weighted by atomic mass is 16.5. The smallest absolute Gasteiger partial charge is 0.0590 e. The quantitative estimate of drug-likeness (QED) is 0.694. The standard InChI is InChI=1S/C13H30N2O/c1-7-12(4)15(8-9-16-6)13(5,10-14)11(2)3/h11-12H,7-10,14H2,1-6H3. The molecule has 0 aliphatic rings. The molecule has 0 aromatic rings. The zero-order chi connectivity index (χ0) is 12.8.